The average molecular weight is 550 g/mol. The van der Waals surface area contributed by atoms with Crippen LogP contribution < -0.4 is 10.1 Å². The fraction of sp³-hybridized carbons (Fsp3) is 0.107. The lowest BCUT2D eigenvalue weighted by atomic mass is 10.1. The van der Waals surface area contributed by atoms with E-state index in [1.54, 1.807) is 48.7 Å². The van der Waals surface area contributed by atoms with Crippen molar-refractivity contribution in [2.24, 2.45) is 0 Å². The highest BCUT2D eigenvalue weighted by molar-refractivity contribution is 8.18. The fourth-order valence-electron chi connectivity index (χ4n) is 4.17. The molecule has 10 heteroatoms. The summed E-state index contributed by atoms with van der Waals surface area (Å²) in [4.78, 5) is 39.3. The van der Waals surface area contributed by atoms with Gasteiger partial charge in [-0.15, -0.1) is 0 Å². The molecule has 0 spiro atoms. The van der Waals surface area contributed by atoms with Crippen molar-refractivity contribution in [1.82, 2.24) is 9.47 Å². The van der Waals surface area contributed by atoms with Crippen molar-refractivity contribution in [2.45, 2.75) is 6.54 Å². The Morgan fingerprint density at radius 1 is 1.08 bits per heavy atom. The number of imide groups is 1. The zero-order chi connectivity index (χ0) is 26.8. The number of ether oxygens (including phenoxy) is 1. The molecule has 1 aliphatic heterocycles. The number of nitrogens with one attached hydrogen (secondary N) is 1. The Balaban J connectivity index is 1.37. The summed E-state index contributed by atoms with van der Waals surface area (Å²) < 4.78 is 21.4. The summed E-state index contributed by atoms with van der Waals surface area (Å²) in [6.45, 7) is -0.228. The van der Waals surface area contributed by atoms with Crippen LogP contribution in [0.15, 0.2) is 77.8 Å². The number of thioether (sulfide) groups is 1. The summed E-state index contributed by atoms with van der Waals surface area (Å²) in [6, 6.07) is 18.7. The molecular formula is C28H21ClFN3O4S. The van der Waals surface area contributed by atoms with Crippen LogP contribution in [0.3, 0.4) is 0 Å². The van der Waals surface area contributed by atoms with Gasteiger partial charge in [-0.3, -0.25) is 19.3 Å². The minimum absolute atomic E-state index is 0.187. The molecule has 0 aliphatic carbocycles. The number of halogens is 2. The third kappa shape index (κ3) is 5.16. The van der Waals surface area contributed by atoms with Gasteiger partial charge in [0.15, 0.2) is 0 Å². The lowest BCUT2D eigenvalue weighted by molar-refractivity contribution is -0.127. The molecule has 0 saturated carbocycles. The predicted octanol–water partition coefficient (Wildman–Crippen LogP) is 6.17. The van der Waals surface area contributed by atoms with Crippen LogP contribution in [0.1, 0.15) is 11.1 Å². The normalized spacial score (nSPS) is 14.5. The topological polar surface area (TPSA) is 80.6 Å². The van der Waals surface area contributed by atoms with Gasteiger partial charge in [0.25, 0.3) is 11.1 Å². The first-order chi connectivity index (χ1) is 18.3. The molecule has 7 nitrogen and oxygen atoms in total. The maximum absolute atomic E-state index is 14.4. The van der Waals surface area contributed by atoms with Gasteiger partial charge in [-0.05, 0) is 60.3 Å². The van der Waals surface area contributed by atoms with Gasteiger partial charge in [-0.1, -0.05) is 35.9 Å². The van der Waals surface area contributed by atoms with Crippen LogP contribution in [0.5, 0.6) is 5.75 Å². The largest absolute Gasteiger partial charge is 0.497 e. The first-order valence-corrected chi connectivity index (χ1v) is 12.7. The molecule has 0 radical (unpaired) electrons. The third-order valence-corrected chi connectivity index (χ3v) is 7.31. The van der Waals surface area contributed by atoms with Gasteiger partial charge < -0.3 is 14.6 Å². The van der Waals surface area contributed by atoms with Crippen molar-refractivity contribution < 1.29 is 23.5 Å². The molecule has 1 fully saturated rings. The summed E-state index contributed by atoms with van der Waals surface area (Å²) in [5, 5.41) is 3.28. The molecule has 192 valence electrons. The van der Waals surface area contributed by atoms with Crippen molar-refractivity contribution in [2.75, 3.05) is 19.0 Å². The van der Waals surface area contributed by atoms with Gasteiger partial charge in [0.05, 0.1) is 18.6 Å². The van der Waals surface area contributed by atoms with E-state index in [1.807, 2.05) is 28.8 Å². The van der Waals surface area contributed by atoms with Gasteiger partial charge in [0.2, 0.25) is 5.91 Å². The van der Waals surface area contributed by atoms with Crippen LogP contribution >= 0.6 is 23.4 Å². The number of carbonyl (C=O) groups excluding carboxylic acids is 3. The third-order valence-electron chi connectivity index (χ3n) is 6.05. The lowest BCUT2D eigenvalue weighted by Gasteiger charge is -2.12. The Morgan fingerprint density at radius 3 is 2.58 bits per heavy atom. The quantitative estimate of drug-likeness (QED) is 0.279. The number of amides is 3. The van der Waals surface area contributed by atoms with Gasteiger partial charge in [-0.25, -0.2) is 4.39 Å². The van der Waals surface area contributed by atoms with Crippen LogP contribution in [-0.2, 0) is 16.1 Å². The van der Waals surface area contributed by atoms with E-state index in [4.69, 9.17) is 16.3 Å². The van der Waals surface area contributed by atoms with Crippen LogP contribution in [0.25, 0.3) is 17.0 Å². The Kier molecular flexibility index (Phi) is 7.22. The number of benzene rings is 3. The second kappa shape index (κ2) is 10.7. The molecule has 1 N–H and O–H groups in total. The molecule has 0 unspecified atom stereocenters. The monoisotopic (exact) mass is 549 g/mol. The SMILES string of the molecule is COc1ccc(NC(=O)CN2C(=O)S/C(=C/c3cn(Cc4c(F)cccc4Cl)c4ccccc34)C2=O)cc1. The molecule has 5 rings (SSSR count). The van der Waals surface area contributed by atoms with E-state index in [0.717, 1.165) is 27.6 Å². The van der Waals surface area contributed by atoms with E-state index in [2.05, 4.69) is 5.32 Å². The molecule has 1 aromatic heterocycles. The molecular weight excluding hydrogens is 529 g/mol. The van der Waals surface area contributed by atoms with E-state index < -0.39 is 29.4 Å². The van der Waals surface area contributed by atoms with Gasteiger partial charge in [-0.2, -0.15) is 0 Å². The highest BCUT2D eigenvalue weighted by atomic mass is 35.5. The smallest absolute Gasteiger partial charge is 0.294 e. The standard InChI is InChI=1S/C28H21ClFN3O4S/c1-37-19-11-9-18(10-12-19)31-26(34)16-33-27(35)25(38-28(33)36)13-17-14-32(24-8-3-2-5-20(17)24)15-21-22(29)6-4-7-23(21)30/h2-14H,15-16H2,1H3,(H,31,34)/b25-13+. The minimum atomic E-state index is -0.557. The van der Waals surface area contributed by atoms with E-state index in [1.165, 1.54) is 13.2 Å². The summed E-state index contributed by atoms with van der Waals surface area (Å²) >= 11 is 7.01. The van der Waals surface area contributed by atoms with Crippen LogP contribution in [0.4, 0.5) is 14.9 Å². The molecule has 38 heavy (non-hydrogen) atoms. The van der Waals surface area contributed by atoms with Gasteiger partial charge in [0.1, 0.15) is 18.1 Å². The Morgan fingerprint density at radius 2 is 1.84 bits per heavy atom. The summed E-state index contributed by atoms with van der Waals surface area (Å²) in [7, 11) is 1.54. The Hall–Kier alpha value is -4.08. The number of para-hydroxylation sites is 1. The van der Waals surface area contributed by atoms with Crippen molar-refractivity contribution in [3.8, 4) is 5.75 Å². The van der Waals surface area contributed by atoms with Crippen LogP contribution in [0, 0.1) is 5.82 Å². The van der Waals surface area contributed by atoms with Crippen LogP contribution in [-0.4, -0.2) is 40.2 Å². The van der Waals surface area contributed by atoms with Crippen LogP contribution in [0.2, 0.25) is 5.02 Å². The number of nitrogens with zero attached hydrogens (tertiary/aromatic N) is 2. The van der Waals surface area contributed by atoms with Crippen molar-refractivity contribution in [3.63, 3.8) is 0 Å². The molecule has 0 bridgehead atoms. The lowest BCUT2D eigenvalue weighted by Crippen LogP contribution is -2.36. The molecule has 3 aromatic carbocycles. The van der Waals surface area contributed by atoms with Crippen molar-refractivity contribution in [1.29, 1.82) is 0 Å². The number of hydrogen-bond acceptors (Lipinski definition) is 5. The summed E-state index contributed by atoms with van der Waals surface area (Å²) in [6.07, 6.45) is 3.41. The predicted molar refractivity (Wildman–Crippen MR) is 147 cm³/mol. The number of methoxy groups -OCH3 is 1. The molecule has 1 saturated heterocycles. The van der Waals surface area contributed by atoms with Crippen molar-refractivity contribution in [3.05, 3.63) is 99.8 Å². The Bertz CT molecular complexity index is 1580. The molecule has 0 atom stereocenters. The number of hydrogen-bond donors (Lipinski definition) is 1. The van der Waals surface area contributed by atoms with Gasteiger partial charge >= 0.3 is 0 Å². The molecule has 3 amide bonds. The highest BCUT2D eigenvalue weighted by Gasteiger charge is 2.36. The number of fused-ring (bicyclic) bond motifs is 1. The second-order valence-corrected chi connectivity index (χ2v) is 9.87. The first kappa shape index (κ1) is 25.6. The first-order valence-electron chi connectivity index (χ1n) is 11.5. The van der Waals surface area contributed by atoms with Gasteiger partial charge in [0, 0.05) is 38.9 Å². The average Bonchev–Trinajstić information content (AvgIpc) is 3.38. The number of rotatable bonds is 7. The van der Waals surface area contributed by atoms with E-state index in [9.17, 15) is 18.8 Å². The maximum Gasteiger partial charge on any atom is 0.294 e. The summed E-state index contributed by atoms with van der Waals surface area (Å²) in [5.74, 6) is -0.834. The highest BCUT2D eigenvalue weighted by Crippen LogP contribution is 2.34. The Labute approximate surface area is 226 Å². The fourth-order valence-corrected chi connectivity index (χ4v) is 5.22. The van der Waals surface area contributed by atoms with Crippen molar-refractivity contribution >= 4 is 63.1 Å². The maximum atomic E-state index is 14.4. The molecule has 1 aliphatic rings. The second-order valence-electron chi connectivity index (χ2n) is 8.47. The summed E-state index contributed by atoms with van der Waals surface area (Å²) in [5.41, 5.74) is 2.36. The zero-order valence-corrected chi connectivity index (χ0v) is 21.7. The van der Waals surface area contributed by atoms with E-state index in [0.29, 0.717) is 27.6 Å². The number of anilines is 1. The minimum Gasteiger partial charge on any atom is -0.497 e. The number of carbonyl (C=O) groups is 3. The number of aromatic nitrogens is 1. The van der Waals surface area contributed by atoms with E-state index >= 15 is 0 Å². The molecule has 4 aromatic rings. The zero-order valence-electron chi connectivity index (χ0n) is 20.1. The molecule has 2 heterocycles. The van der Waals surface area contributed by atoms with E-state index in [-0.39, 0.29) is 11.4 Å².